The number of hydrogen-bond donors (Lipinski definition) is 0. The maximum Gasteiger partial charge on any atom is 0.269 e. The fourth-order valence-corrected chi connectivity index (χ4v) is 3.20. The highest BCUT2D eigenvalue weighted by Crippen LogP contribution is 2.25. The standard InChI is InChI=1S/C15H15ClN2O3S/c1-9-6-14(22-10(9)2)15(19)17(3)8-11-7-12(18(20)21)4-5-13(11)16/h4-7H,8H2,1-3H3. The molecular weight excluding hydrogens is 324 g/mol. The van der Waals surface area contributed by atoms with Crippen LogP contribution >= 0.6 is 22.9 Å². The first-order valence-electron chi connectivity index (χ1n) is 6.55. The van der Waals surface area contributed by atoms with Gasteiger partial charge in [0.05, 0.1) is 9.80 Å². The van der Waals surface area contributed by atoms with Crippen LogP contribution in [0.2, 0.25) is 5.02 Å². The number of halogens is 1. The summed E-state index contributed by atoms with van der Waals surface area (Å²) in [6, 6.07) is 6.08. The lowest BCUT2D eigenvalue weighted by Gasteiger charge is -2.17. The molecule has 0 fully saturated rings. The van der Waals surface area contributed by atoms with Gasteiger partial charge in [0.25, 0.3) is 11.6 Å². The molecule has 22 heavy (non-hydrogen) atoms. The number of benzene rings is 1. The van der Waals surface area contributed by atoms with E-state index in [0.717, 1.165) is 10.4 Å². The van der Waals surface area contributed by atoms with Gasteiger partial charge in [0.2, 0.25) is 0 Å². The molecule has 2 rings (SSSR count). The summed E-state index contributed by atoms with van der Waals surface area (Å²) in [5.74, 6) is -0.122. The Bertz CT molecular complexity index is 723. The van der Waals surface area contributed by atoms with Gasteiger partial charge in [-0.15, -0.1) is 11.3 Å². The van der Waals surface area contributed by atoms with E-state index in [1.165, 1.54) is 34.4 Å². The number of nitro benzene ring substituents is 1. The van der Waals surface area contributed by atoms with Crippen molar-refractivity contribution >= 4 is 34.5 Å². The quantitative estimate of drug-likeness (QED) is 0.620. The minimum absolute atomic E-state index is 0.0388. The Morgan fingerprint density at radius 3 is 2.59 bits per heavy atom. The minimum atomic E-state index is -0.479. The van der Waals surface area contributed by atoms with E-state index in [1.54, 1.807) is 7.05 Å². The summed E-state index contributed by atoms with van der Waals surface area (Å²) in [6.07, 6.45) is 0. The van der Waals surface area contributed by atoms with Gasteiger partial charge in [-0.05, 0) is 37.1 Å². The summed E-state index contributed by atoms with van der Waals surface area (Å²) in [6.45, 7) is 4.14. The number of carbonyl (C=O) groups is 1. The first kappa shape index (κ1) is 16.5. The van der Waals surface area contributed by atoms with Gasteiger partial charge in [0, 0.05) is 35.6 Å². The number of non-ortho nitro benzene ring substituents is 1. The SMILES string of the molecule is Cc1cc(C(=O)N(C)Cc2cc([N+](=O)[O-])ccc2Cl)sc1C. The number of nitro groups is 1. The molecular formula is C15H15ClN2O3S. The Kier molecular flexibility index (Phi) is 4.83. The summed E-state index contributed by atoms with van der Waals surface area (Å²) in [5, 5.41) is 11.2. The van der Waals surface area contributed by atoms with Crippen molar-refractivity contribution < 1.29 is 9.72 Å². The van der Waals surface area contributed by atoms with Crippen LogP contribution in [0.3, 0.4) is 0 Å². The molecule has 1 aromatic heterocycles. The van der Waals surface area contributed by atoms with E-state index in [2.05, 4.69) is 0 Å². The van der Waals surface area contributed by atoms with Crippen molar-refractivity contribution in [1.82, 2.24) is 4.90 Å². The molecule has 0 N–H and O–H groups in total. The first-order valence-corrected chi connectivity index (χ1v) is 7.74. The van der Waals surface area contributed by atoms with Crippen LogP contribution < -0.4 is 0 Å². The fraction of sp³-hybridized carbons (Fsp3) is 0.267. The molecule has 0 radical (unpaired) electrons. The highest BCUT2D eigenvalue weighted by molar-refractivity contribution is 7.14. The zero-order chi connectivity index (χ0) is 16.4. The molecule has 0 bridgehead atoms. The molecule has 5 nitrogen and oxygen atoms in total. The zero-order valence-electron chi connectivity index (χ0n) is 12.4. The van der Waals surface area contributed by atoms with E-state index in [0.29, 0.717) is 15.5 Å². The van der Waals surface area contributed by atoms with Crippen molar-refractivity contribution in [3.63, 3.8) is 0 Å². The van der Waals surface area contributed by atoms with E-state index in [-0.39, 0.29) is 18.1 Å². The van der Waals surface area contributed by atoms with Crippen LogP contribution in [0.5, 0.6) is 0 Å². The lowest BCUT2D eigenvalue weighted by molar-refractivity contribution is -0.384. The second-order valence-corrected chi connectivity index (χ2v) is 6.71. The van der Waals surface area contributed by atoms with E-state index in [1.807, 2.05) is 19.9 Å². The van der Waals surface area contributed by atoms with E-state index >= 15 is 0 Å². The Balaban J connectivity index is 2.21. The number of nitrogens with zero attached hydrogens (tertiary/aromatic N) is 2. The molecule has 0 aliphatic heterocycles. The molecule has 0 aliphatic carbocycles. The predicted octanol–water partition coefficient (Wildman–Crippen LogP) is 4.20. The van der Waals surface area contributed by atoms with Crippen LogP contribution in [0.1, 0.15) is 25.7 Å². The normalized spacial score (nSPS) is 10.5. The third-order valence-electron chi connectivity index (χ3n) is 3.37. The summed E-state index contributed by atoms with van der Waals surface area (Å²) in [5.41, 5.74) is 1.59. The van der Waals surface area contributed by atoms with Crippen LogP contribution in [-0.2, 0) is 6.54 Å². The number of hydrogen-bond acceptors (Lipinski definition) is 4. The van der Waals surface area contributed by atoms with Crippen molar-refractivity contribution in [1.29, 1.82) is 0 Å². The van der Waals surface area contributed by atoms with Gasteiger partial charge in [-0.1, -0.05) is 11.6 Å². The lowest BCUT2D eigenvalue weighted by Crippen LogP contribution is -2.25. The molecule has 7 heteroatoms. The third-order valence-corrected chi connectivity index (χ3v) is 4.88. The van der Waals surface area contributed by atoms with Crippen molar-refractivity contribution in [2.24, 2.45) is 0 Å². The number of aryl methyl sites for hydroxylation is 2. The van der Waals surface area contributed by atoms with Crippen LogP contribution in [0, 0.1) is 24.0 Å². The van der Waals surface area contributed by atoms with Crippen LogP contribution in [-0.4, -0.2) is 22.8 Å². The van der Waals surface area contributed by atoms with E-state index in [4.69, 9.17) is 11.6 Å². The Morgan fingerprint density at radius 1 is 1.36 bits per heavy atom. The number of carbonyl (C=O) groups excluding carboxylic acids is 1. The monoisotopic (exact) mass is 338 g/mol. The van der Waals surface area contributed by atoms with Gasteiger partial charge in [0.15, 0.2) is 0 Å². The molecule has 1 aromatic carbocycles. The van der Waals surface area contributed by atoms with Crippen molar-refractivity contribution in [3.05, 3.63) is 60.3 Å². The summed E-state index contributed by atoms with van der Waals surface area (Å²) < 4.78 is 0. The molecule has 0 aliphatic rings. The molecule has 1 heterocycles. The maximum absolute atomic E-state index is 12.4. The van der Waals surface area contributed by atoms with E-state index in [9.17, 15) is 14.9 Å². The molecule has 0 saturated heterocycles. The van der Waals surface area contributed by atoms with E-state index < -0.39 is 4.92 Å². The molecule has 0 spiro atoms. The Labute approximate surface area is 137 Å². The average molecular weight is 339 g/mol. The smallest absolute Gasteiger partial charge is 0.269 e. The highest BCUT2D eigenvalue weighted by Gasteiger charge is 2.18. The van der Waals surface area contributed by atoms with Gasteiger partial charge < -0.3 is 4.90 Å². The fourth-order valence-electron chi connectivity index (χ4n) is 1.99. The molecule has 0 unspecified atom stereocenters. The van der Waals surface area contributed by atoms with Crippen molar-refractivity contribution in [3.8, 4) is 0 Å². The van der Waals surface area contributed by atoms with Gasteiger partial charge in [-0.25, -0.2) is 0 Å². The lowest BCUT2D eigenvalue weighted by atomic mass is 10.2. The van der Waals surface area contributed by atoms with Gasteiger partial charge in [0.1, 0.15) is 0 Å². The van der Waals surface area contributed by atoms with Crippen LogP contribution in [0.15, 0.2) is 24.3 Å². The van der Waals surface area contributed by atoms with Gasteiger partial charge in [-0.3, -0.25) is 14.9 Å². The Hall–Kier alpha value is -1.92. The maximum atomic E-state index is 12.4. The highest BCUT2D eigenvalue weighted by atomic mass is 35.5. The van der Waals surface area contributed by atoms with Crippen molar-refractivity contribution in [2.75, 3.05) is 7.05 Å². The second-order valence-electron chi connectivity index (χ2n) is 5.04. The van der Waals surface area contributed by atoms with Crippen LogP contribution in [0.4, 0.5) is 5.69 Å². The zero-order valence-corrected chi connectivity index (χ0v) is 14.0. The number of rotatable bonds is 4. The molecule has 0 saturated carbocycles. The third kappa shape index (κ3) is 3.45. The minimum Gasteiger partial charge on any atom is -0.337 e. The summed E-state index contributed by atoms with van der Waals surface area (Å²) in [4.78, 5) is 26.0. The summed E-state index contributed by atoms with van der Waals surface area (Å²) >= 11 is 7.51. The average Bonchev–Trinajstić information content (AvgIpc) is 2.79. The Morgan fingerprint density at radius 2 is 2.05 bits per heavy atom. The second kappa shape index (κ2) is 6.46. The van der Waals surface area contributed by atoms with Gasteiger partial charge >= 0.3 is 0 Å². The largest absolute Gasteiger partial charge is 0.337 e. The van der Waals surface area contributed by atoms with Gasteiger partial charge in [-0.2, -0.15) is 0 Å². The number of amides is 1. The molecule has 2 aromatic rings. The van der Waals surface area contributed by atoms with Crippen molar-refractivity contribution in [2.45, 2.75) is 20.4 Å². The van der Waals surface area contributed by atoms with Crippen LogP contribution in [0.25, 0.3) is 0 Å². The molecule has 1 amide bonds. The topological polar surface area (TPSA) is 63.5 Å². The molecule has 116 valence electrons. The summed E-state index contributed by atoms with van der Waals surface area (Å²) in [7, 11) is 1.65. The predicted molar refractivity (Wildman–Crippen MR) is 87.7 cm³/mol. The first-order chi connectivity index (χ1) is 10.3. The number of thiophene rings is 1. The molecule has 0 atom stereocenters.